The van der Waals surface area contributed by atoms with Crippen molar-refractivity contribution in [3.63, 3.8) is 0 Å². The second-order valence-electron chi connectivity index (χ2n) is 5.20. The normalized spacial score (nSPS) is 10.6. The molecule has 2 aromatic rings. The number of ketones is 1. The van der Waals surface area contributed by atoms with E-state index in [9.17, 15) is 9.59 Å². The van der Waals surface area contributed by atoms with Crippen molar-refractivity contribution in [1.29, 1.82) is 0 Å². The molecule has 0 aliphatic rings. The highest BCUT2D eigenvalue weighted by molar-refractivity contribution is 6.03. The third-order valence-corrected chi connectivity index (χ3v) is 3.34. The number of hydrogen-bond donors (Lipinski definition) is 1. The summed E-state index contributed by atoms with van der Waals surface area (Å²) in [6.45, 7) is 3.47. The van der Waals surface area contributed by atoms with Crippen LogP contribution in [-0.2, 0) is 4.79 Å². The second kappa shape index (κ2) is 7.40. The Hall–Kier alpha value is -2.88. The average Bonchev–Trinajstić information content (AvgIpc) is 2.53. The van der Waals surface area contributed by atoms with Gasteiger partial charge in [-0.15, -0.1) is 0 Å². The van der Waals surface area contributed by atoms with E-state index in [2.05, 4.69) is 5.32 Å². The van der Waals surface area contributed by atoms with E-state index in [1.165, 1.54) is 13.0 Å². The van der Waals surface area contributed by atoms with Gasteiger partial charge in [-0.05, 0) is 44.2 Å². The van der Waals surface area contributed by atoms with Gasteiger partial charge < -0.3 is 10.1 Å². The molecule has 0 aliphatic heterocycles. The van der Waals surface area contributed by atoms with Crippen molar-refractivity contribution in [2.45, 2.75) is 13.8 Å². The van der Waals surface area contributed by atoms with Gasteiger partial charge in [0.2, 0.25) is 5.91 Å². The van der Waals surface area contributed by atoms with E-state index in [4.69, 9.17) is 4.74 Å². The molecule has 4 heteroatoms. The summed E-state index contributed by atoms with van der Waals surface area (Å²) in [6.07, 6.45) is 3.15. The van der Waals surface area contributed by atoms with Crippen molar-refractivity contribution in [3.8, 4) is 5.75 Å². The van der Waals surface area contributed by atoms with Crippen LogP contribution in [0.15, 0.2) is 48.5 Å². The maximum Gasteiger partial charge on any atom is 0.248 e. The first-order valence-electron chi connectivity index (χ1n) is 7.24. The summed E-state index contributed by atoms with van der Waals surface area (Å²) in [6, 6.07) is 12.6. The SMILES string of the molecule is COc1ccc(C)cc1C=CC(=O)Nc1cccc(C(C)=O)c1. The molecule has 1 amide bonds. The van der Waals surface area contributed by atoms with Gasteiger partial charge >= 0.3 is 0 Å². The summed E-state index contributed by atoms with van der Waals surface area (Å²) in [7, 11) is 1.59. The lowest BCUT2D eigenvalue weighted by Crippen LogP contribution is -2.08. The highest BCUT2D eigenvalue weighted by Crippen LogP contribution is 2.21. The molecule has 23 heavy (non-hydrogen) atoms. The Morgan fingerprint density at radius 2 is 1.91 bits per heavy atom. The monoisotopic (exact) mass is 309 g/mol. The molecule has 118 valence electrons. The molecule has 0 saturated heterocycles. The van der Waals surface area contributed by atoms with Crippen LogP contribution >= 0.6 is 0 Å². The molecular formula is C19H19NO3. The van der Waals surface area contributed by atoms with E-state index in [0.717, 1.165) is 11.1 Å². The van der Waals surface area contributed by atoms with Crippen molar-refractivity contribution in [2.24, 2.45) is 0 Å². The summed E-state index contributed by atoms with van der Waals surface area (Å²) in [5.74, 6) is 0.397. The van der Waals surface area contributed by atoms with Gasteiger partial charge in [-0.25, -0.2) is 0 Å². The highest BCUT2D eigenvalue weighted by atomic mass is 16.5. The zero-order valence-corrected chi connectivity index (χ0v) is 13.4. The number of rotatable bonds is 5. The molecule has 0 saturated carbocycles. The average molecular weight is 309 g/mol. The fraction of sp³-hybridized carbons (Fsp3) is 0.158. The third kappa shape index (κ3) is 4.54. The lowest BCUT2D eigenvalue weighted by molar-refractivity contribution is -0.111. The van der Waals surface area contributed by atoms with Gasteiger partial charge in [0, 0.05) is 22.9 Å². The van der Waals surface area contributed by atoms with Crippen LogP contribution in [0.4, 0.5) is 5.69 Å². The number of nitrogens with one attached hydrogen (secondary N) is 1. The topological polar surface area (TPSA) is 55.4 Å². The van der Waals surface area contributed by atoms with E-state index >= 15 is 0 Å². The van der Waals surface area contributed by atoms with Crippen LogP contribution in [0.25, 0.3) is 6.08 Å². The summed E-state index contributed by atoms with van der Waals surface area (Å²) in [5, 5.41) is 2.74. The molecule has 0 atom stereocenters. The predicted molar refractivity (Wildman–Crippen MR) is 91.8 cm³/mol. The first kappa shape index (κ1) is 16.5. The number of hydrogen-bond acceptors (Lipinski definition) is 3. The fourth-order valence-electron chi connectivity index (χ4n) is 2.15. The quantitative estimate of drug-likeness (QED) is 0.674. The molecule has 0 heterocycles. The number of ether oxygens (including phenoxy) is 1. The van der Waals surface area contributed by atoms with Crippen molar-refractivity contribution >= 4 is 23.5 Å². The maximum absolute atomic E-state index is 12.0. The zero-order chi connectivity index (χ0) is 16.8. The summed E-state index contributed by atoms with van der Waals surface area (Å²) in [4.78, 5) is 23.4. The standard InChI is InChI=1S/C19H19NO3/c1-13-7-9-18(23-3)16(11-13)8-10-19(22)20-17-6-4-5-15(12-17)14(2)21/h4-12H,1-3H3,(H,20,22). The molecule has 0 fully saturated rings. The number of carbonyl (C=O) groups is 2. The fourth-order valence-corrected chi connectivity index (χ4v) is 2.15. The summed E-state index contributed by atoms with van der Waals surface area (Å²) < 4.78 is 5.27. The zero-order valence-electron chi connectivity index (χ0n) is 13.4. The minimum absolute atomic E-state index is 0.0406. The molecule has 0 unspecified atom stereocenters. The lowest BCUT2D eigenvalue weighted by atomic mass is 10.1. The van der Waals surface area contributed by atoms with Gasteiger partial charge in [-0.2, -0.15) is 0 Å². The first-order valence-corrected chi connectivity index (χ1v) is 7.24. The van der Waals surface area contributed by atoms with Crippen LogP contribution in [-0.4, -0.2) is 18.8 Å². The number of amides is 1. The smallest absolute Gasteiger partial charge is 0.248 e. The van der Waals surface area contributed by atoms with Gasteiger partial charge in [-0.1, -0.05) is 23.8 Å². The molecule has 0 spiro atoms. The summed E-state index contributed by atoms with van der Waals surface area (Å²) >= 11 is 0. The van der Waals surface area contributed by atoms with Gasteiger partial charge in [0.1, 0.15) is 5.75 Å². The highest BCUT2D eigenvalue weighted by Gasteiger charge is 2.04. The van der Waals surface area contributed by atoms with E-state index in [-0.39, 0.29) is 11.7 Å². The molecular weight excluding hydrogens is 290 g/mol. The Labute approximate surface area is 135 Å². The van der Waals surface area contributed by atoms with Gasteiger partial charge in [0.25, 0.3) is 0 Å². The van der Waals surface area contributed by atoms with Crippen LogP contribution in [0.3, 0.4) is 0 Å². The van der Waals surface area contributed by atoms with Crippen molar-refractivity contribution in [3.05, 3.63) is 65.2 Å². The predicted octanol–water partition coefficient (Wildman–Crippen LogP) is 3.86. The number of anilines is 1. The van der Waals surface area contributed by atoms with E-state index in [1.807, 2.05) is 25.1 Å². The number of Topliss-reactive ketones (excluding diaryl/α,β-unsaturated/α-hetero) is 1. The van der Waals surface area contributed by atoms with Crippen molar-refractivity contribution < 1.29 is 14.3 Å². The number of aryl methyl sites for hydroxylation is 1. The lowest BCUT2D eigenvalue weighted by Gasteiger charge is -2.06. The number of carbonyl (C=O) groups excluding carboxylic acids is 2. The van der Waals surface area contributed by atoms with Gasteiger partial charge in [0.05, 0.1) is 7.11 Å². The molecule has 1 N–H and O–H groups in total. The maximum atomic E-state index is 12.0. The number of methoxy groups -OCH3 is 1. The molecule has 2 aromatic carbocycles. The first-order chi connectivity index (χ1) is 11.0. The molecule has 2 rings (SSSR count). The third-order valence-electron chi connectivity index (χ3n) is 3.34. The molecule has 4 nitrogen and oxygen atoms in total. The van der Waals surface area contributed by atoms with Crippen LogP contribution in [0.5, 0.6) is 5.75 Å². The van der Waals surface area contributed by atoms with Crippen molar-refractivity contribution in [2.75, 3.05) is 12.4 Å². The Balaban J connectivity index is 2.12. The summed E-state index contributed by atoms with van der Waals surface area (Å²) in [5.41, 5.74) is 3.07. The van der Waals surface area contributed by atoms with E-state index in [1.54, 1.807) is 37.5 Å². The van der Waals surface area contributed by atoms with Crippen LogP contribution in [0.1, 0.15) is 28.4 Å². The van der Waals surface area contributed by atoms with Crippen LogP contribution in [0.2, 0.25) is 0 Å². The van der Waals surface area contributed by atoms with E-state index in [0.29, 0.717) is 17.0 Å². The number of benzene rings is 2. The van der Waals surface area contributed by atoms with Gasteiger partial charge in [0.15, 0.2) is 5.78 Å². The minimum Gasteiger partial charge on any atom is -0.496 e. The van der Waals surface area contributed by atoms with E-state index < -0.39 is 0 Å². The largest absolute Gasteiger partial charge is 0.496 e. The minimum atomic E-state index is -0.269. The molecule has 0 aliphatic carbocycles. The Morgan fingerprint density at radius 1 is 1.13 bits per heavy atom. The Morgan fingerprint density at radius 3 is 2.61 bits per heavy atom. The molecule has 0 bridgehead atoms. The van der Waals surface area contributed by atoms with Crippen molar-refractivity contribution in [1.82, 2.24) is 0 Å². The Bertz CT molecular complexity index is 763. The van der Waals surface area contributed by atoms with Gasteiger partial charge in [-0.3, -0.25) is 9.59 Å². The Kier molecular flexibility index (Phi) is 5.31. The second-order valence-corrected chi connectivity index (χ2v) is 5.20. The molecule has 0 aromatic heterocycles. The van der Waals surface area contributed by atoms with Crippen LogP contribution in [0, 0.1) is 6.92 Å². The van der Waals surface area contributed by atoms with Crippen LogP contribution < -0.4 is 10.1 Å². The molecule has 0 radical (unpaired) electrons.